The first-order valence-corrected chi connectivity index (χ1v) is 6.16. The van der Waals surface area contributed by atoms with Crippen LogP contribution in [-0.4, -0.2) is 40.6 Å². The standard InChI is InChI=1S/C13H21NO4/c1-5-10(15)9-8-14(7-6-11(9)16)12(17)18-13(2,3)4/h15H,5-8H2,1-4H3/b10-9-. The average molecular weight is 255 g/mol. The van der Waals surface area contributed by atoms with Crippen LogP contribution in [0.1, 0.15) is 40.5 Å². The maximum Gasteiger partial charge on any atom is 0.410 e. The van der Waals surface area contributed by atoms with Gasteiger partial charge in [0.15, 0.2) is 5.78 Å². The van der Waals surface area contributed by atoms with Crippen LogP contribution in [0.3, 0.4) is 0 Å². The number of amides is 1. The second-order valence-corrected chi connectivity index (χ2v) is 5.35. The van der Waals surface area contributed by atoms with Gasteiger partial charge < -0.3 is 14.7 Å². The molecule has 0 aliphatic carbocycles. The molecule has 0 aromatic heterocycles. The molecule has 5 heteroatoms. The van der Waals surface area contributed by atoms with Crippen LogP contribution in [0.25, 0.3) is 0 Å². The lowest BCUT2D eigenvalue weighted by molar-refractivity contribution is -0.117. The van der Waals surface area contributed by atoms with Gasteiger partial charge in [0.1, 0.15) is 11.4 Å². The maximum absolute atomic E-state index is 11.9. The lowest BCUT2D eigenvalue weighted by Gasteiger charge is -2.30. The number of allylic oxidation sites excluding steroid dienone is 1. The zero-order valence-electron chi connectivity index (χ0n) is 11.4. The Morgan fingerprint density at radius 1 is 1.44 bits per heavy atom. The van der Waals surface area contributed by atoms with Crippen LogP contribution in [0.15, 0.2) is 11.3 Å². The third-order valence-electron chi connectivity index (χ3n) is 2.63. The van der Waals surface area contributed by atoms with Crippen LogP contribution in [-0.2, 0) is 9.53 Å². The molecule has 0 atom stereocenters. The molecule has 1 amide bonds. The van der Waals surface area contributed by atoms with Crippen molar-refractivity contribution >= 4 is 11.9 Å². The van der Waals surface area contributed by atoms with Gasteiger partial charge in [-0.3, -0.25) is 4.79 Å². The third kappa shape index (κ3) is 3.75. The molecule has 1 saturated heterocycles. The largest absolute Gasteiger partial charge is 0.512 e. The van der Waals surface area contributed by atoms with Crippen molar-refractivity contribution in [3.8, 4) is 0 Å². The summed E-state index contributed by atoms with van der Waals surface area (Å²) in [6, 6.07) is 0. The van der Waals surface area contributed by atoms with Crippen molar-refractivity contribution in [1.82, 2.24) is 4.90 Å². The van der Waals surface area contributed by atoms with Crippen LogP contribution in [0.5, 0.6) is 0 Å². The summed E-state index contributed by atoms with van der Waals surface area (Å²) in [5.74, 6) is -0.0255. The number of nitrogens with zero attached hydrogens (tertiary/aromatic N) is 1. The lowest BCUT2D eigenvalue weighted by Crippen LogP contribution is -2.43. The van der Waals surface area contributed by atoms with E-state index in [1.807, 2.05) is 0 Å². The third-order valence-corrected chi connectivity index (χ3v) is 2.63. The molecular formula is C13H21NO4. The van der Waals surface area contributed by atoms with Crippen molar-refractivity contribution in [1.29, 1.82) is 0 Å². The zero-order chi connectivity index (χ0) is 13.9. The van der Waals surface area contributed by atoms with E-state index in [9.17, 15) is 14.7 Å². The van der Waals surface area contributed by atoms with Crippen LogP contribution < -0.4 is 0 Å². The zero-order valence-corrected chi connectivity index (χ0v) is 11.4. The summed E-state index contributed by atoms with van der Waals surface area (Å²) in [5, 5.41) is 9.67. The summed E-state index contributed by atoms with van der Waals surface area (Å²) in [6.45, 7) is 7.62. The number of likely N-dealkylation sites (tertiary alicyclic amines) is 1. The Labute approximate surface area is 107 Å². The molecule has 5 nitrogen and oxygen atoms in total. The predicted octanol–water partition coefficient (Wildman–Crippen LogP) is 2.42. The number of ketones is 1. The van der Waals surface area contributed by atoms with Gasteiger partial charge >= 0.3 is 6.09 Å². The van der Waals surface area contributed by atoms with Gasteiger partial charge in [0.05, 0.1) is 12.1 Å². The molecule has 1 heterocycles. The first-order chi connectivity index (χ1) is 8.24. The van der Waals surface area contributed by atoms with Gasteiger partial charge in [-0.2, -0.15) is 0 Å². The molecule has 18 heavy (non-hydrogen) atoms. The number of aliphatic hydroxyl groups is 1. The number of carbonyl (C=O) groups excluding carboxylic acids is 2. The molecule has 0 unspecified atom stereocenters. The fourth-order valence-corrected chi connectivity index (χ4v) is 1.69. The molecule has 0 saturated carbocycles. The summed E-state index contributed by atoms with van der Waals surface area (Å²) in [6.07, 6.45) is 0.179. The molecule has 1 fully saturated rings. The van der Waals surface area contributed by atoms with Gasteiger partial charge in [-0.15, -0.1) is 0 Å². The molecule has 1 aliphatic rings. The molecule has 1 rings (SSSR count). The summed E-state index contributed by atoms with van der Waals surface area (Å²) in [5.41, 5.74) is -0.232. The minimum absolute atomic E-state index is 0.0632. The molecule has 0 aromatic carbocycles. The number of aliphatic hydroxyl groups excluding tert-OH is 1. The van der Waals surface area contributed by atoms with Gasteiger partial charge in [0.25, 0.3) is 0 Å². The minimum Gasteiger partial charge on any atom is -0.512 e. The number of hydrogen-bond acceptors (Lipinski definition) is 4. The van der Waals surface area contributed by atoms with E-state index in [4.69, 9.17) is 4.74 Å². The summed E-state index contributed by atoms with van der Waals surface area (Å²) < 4.78 is 5.25. The van der Waals surface area contributed by atoms with Crippen molar-refractivity contribution in [2.75, 3.05) is 13.1 Å². The lowest BCUT2D eigenvalue weighted by atomic mass is 10.0. The van der Waals surface area contributed by atoms with Gasteiger partial charge in [-0.25, -0.2) is 4.79 Å². The highest BCUT2D eigenvalue weighted by atomic mass is 16.6. The van der Waals surface area contributed by atoms with Crippen molar-refractivity contribution in [3.63, 3.8) is 0 Å². The van der Waals surface area contributed by atoms with Gasteiger partial charge in [0.2, 0.25) is 0 Å². The Morgan fingerprint density at radius 2 is 2.06 bits per heavy atom. The molecular weight excluding hydrogens is 234 g/mol. The van der Waals surface area contributed by atoms with Crippen LogP contribution in [0, 0.1) is 0 Å². The van der Waals surface area contributed by atoms with E-state index < -0.39 is 11.7 Å². The van der Waals surface area contributed by atoms with E-state index >= 15 is 0 Å². The highest BCUT2D eigenvalue weighted by Gasteiger charge is 2.30. The Kier molecular flexibility index (Phi) is 4.38. The second kappa shape index (κ2) is 5.42. The Balaban J connectivity index is 2.77. The quantitative estimate of drug-likeness (QED) is 0.577. The number of rotatable bonds is 1. The monoisotopic (exact) mass is 255 g/mol. The van der Waals surface area contributed by atoms with Crippen molar-refractivity contribution < 1.29 is 19.4 Å². The molecule has 0 bridgehead atoms. The number of Topliss-reactive ketones (excluding diaryl/α,β-unsaturated/α-hetero) is 1. The van der Waals surface area contributed by atoms with E-state index in [1.54, 1.807) is 27.7 Å². The van der Waals surface area contributed by atoms with E-state index in [0.29, 0.717) is 18.5 Å². The fourth-order valence-electron chi connectivity index (χ4n) is 1.69. The number of carbonyl (C=O) groups is 2. The highest BCUT2D eigenvalue weighted by molar-refractivity contribution is 5.98. The Bertz CT molecular complexity index is 379. The first-order valence-electron chi connectivity index (χ1n) is 6.16. The summed E-state index contributed by atoms with van der Waals surface area (Å²) in [4.78, 5) is 25.0. The number of piperidine rings is 1. The van der Waals surface area contributed by atoms with E-state index in [1.165, 1.54) is 4.90 Å². The molecule has 1 N–H and O–H groups in total. The van der Waals surface area contributed by atoms with Gasteiger partial charge in [0, 0.05) is 19.4 Å². The van der Waals surface area contributed by atoms with Crippen LogP contribution in [0.4, 0.5) is 4.79 Å². The average Bonchev–Trinajstić information content (AvgIpc) is 2.26. The number of ether oxygens (including phenoxy) is 1. The van der Waals surface area contributed by atoms with E-state index in [0.717, 1.165) is 0 Å². The smallest absolute Gasteiger partial charge is 0.410 e. The van der Waals surface area contributed by atoms with Crippen molar-refractivity contribution in [2.45, 2.75) is 46.1 Å². The molecule has 1 aliphatic heterocycles. The van der Waals surface area contributed by atoms with Gasteiger partial charge in [-0.1, -0.05) is 6.92 Å². The fraction of sp³-hybridized carbons (Fsp3) is 0.692. The minimum atomic E-state index is -0.560. The predicted molar refractivity (Wildman–Crippen MR) is 67.4 cm³/mol. The first kappa shape index (κ1) is 14.5. The summed E-state index contributed by atoms with van der Waals surface area (Å²) >= 11 is 0. The SMILES string of the molecule is CC/C(O)=C1\CN(C(=O)OC(C)(C)C)CCC1=O. The normalized spacial score (nSPS) is 19.8. The van der Waals surface area contributed by atoms with Crippen LogP contribution in [0.2, 0.25) is 0 Å². The van der Waals surface area contributed by atoms with E-state index in [-0.39, 0.29) is 24.5 Å². The topological polar surface area (TPSA) is 66.8 Å². The van der Waals surface area contributed by atoms with Gasteiger partial charge in [-0.05, 0) is 20.8 Å². The molecule has 102 valence electrons. The summed E-state index contributed by atoms with van der Waals surface area (Å²) in [7, 11) is 0. The molecule has 0 aromatic rings. The van der Waals surface area contributed by atoms with Crippen molar-refractivity contribution in [2.24, 2.45) is 0 Å². The second-order valence-electron chi connectivity index (χ2n) is 5.35. The number of hydrogen-bond donors (Lipinski definition) is 1. The molecule has 0 radical (unpaired) electrons. The Morgan fingerprint density at radius 3 is 2.56 bits per heavy atom. The highest BCUT2D eigenvalue weighted by Crippen LogP contribution is 2.19. The Hall–Kier alpha value is -1.52. The maximum atomic E-state index is 11.9. The molecule has 0 spiro atoms. The van der Waals surface area contributed by atoms with Crippen molar-refractivity contribution in [3.05, 3.63) is 11.3 Å². The van der Waals surface area contributed by atoms with E-state index in [2.05, 4.69) is 0 Å². The van der Waals surface area contributed by atoms with Crippen LogP contribution >= 0.6 is 0 Å².